The number of nitrogens with zero attached hydrogens (tertiary/aromatic N) is 1. The van der Waals surface area contributed by atoms with Gasteiger partial charge in [-0.15, -0.1) is 0 Å². The average Bonchev–Trinajstić information content (AvgIpc) is 2.61. The zero-order chi connectivity index (χ0) is 14.2. The number of fused-ring (bicyclic) bond motifs is 1. The van der Waals surface area contributed by atoms with E-state index in [1.807, 2.05) is 24.5 Å². The van der Waals surface area contributed by atoms with Crippen molar-refractivity contribution in [3.8, 4) is 0 Å². The Balaban J connectivity index is 2.82. The van der Waals surface area contributed by atoms with Crippen molar-refractivity contribution in [2.75, 3.05) is 6.61 Å². The fourth-order valence-corrected chi connectivity index (χ4v) is 2.76. The molecule has 0 aliphatic rings. The van der Waals surface area contributed by atoms with Crippen LogP contribution >= 0.6 is 0 Å². The number of carboxylic acids is 1. The molecule has 0 atom stereocenters. The molecule has 0 radical (unpaired) electrons. The summed E-state index contributed by atoms with van der Waals surface area (Å²) < 4.78 is 2.00. The molecular weight excluding hydrogens is 242 g/mol. The standard InChI is InChI=1S/C15H19NO3/c1-4-11-10(3)16(5-6-17)14-8-12(15(18)19)9(2)7-13(11)14/h7-8,17H,4-6H2,1-3H3,(H,18,19). The van der Waals surface area contributed by atoms with Crippen LogP contribution < -0.4 is 0 Å². The van der Waals surface area contributed by atoms with Gasteiger partial charge in [0.2, 0.25) is 0 Å². The van der Waals surface area contributed by atoms with Crippen molar-refractivity contribution < 1.29 is 15.0 Å². The Morgan fingerprint density at radius 2 is 2.00 bits per heavy atom. The fourth-order valence-electron chi connectivity index (χ4n) is 2.76. The van der Waals surface area contributed by atoms with Crippen LogP contribution in [0.25, 0.3) is 10.9 Å². The molecule has 4 heteroatoms. The number of benzene rings is 1. The van der Waals surface area contributed by atoms with Gasteiger partial charge >= 0.3 is 5.97 Å². The van der Waals surface area contributed by atoms with Gasteiger partial charge in [-0.1, -0.05) is 6.92 Å². The third kappa shape index (κ3) is 2.12. The van der Waals surface area contributed by atoms with Crippen LogP contribution in [-0.4, -0.2) is 27.4 Å². The van der Waals surface area contributed by atoms with Crippen molar-refractivity contribution in [3.05, 3.63) is 34.5 Å². The maximum Gasteiger partial charge on any atom is 0.336 e. The highest BCUT2D eigenvalue weighted by Crippen LogP contribution is 2.29. The van der Waals surface area contributed by atoms with Crippen molar-refractivity contribution >= 4 is 16.9 Å². The van der Waals surface area contributed by atoms with Crippen molar-refractivity contribution in [1.29, 1.82) is 0 Å². The first-order valence-corrected chi connectivity index (χ1v) is 6.47. The maximum atomic E-state index is 11.2. The second-order valence-corrected chi connectivity index (χ2v) is 4.78. The monoisotopic (exact) mass is 261 g/mol. The molecule has 19 heavy (non-hydrogen) atoms. The van der Waals surface area contributed by atoms with Crippen LogP contribution in [0.3, 0.4) is 0 Å². The van der Waals surface area contributed by atoms with Gasteiger partial charge in [0.1, 0.15) is 0 Å². The first-order valence-electron chi connectivity index (χ1n) is 6.47. The van der Waals surface area contributed by atoms with E-state index >= 15 is 0 Å². The van der Waals surface area contributed by atoms with E-state index in [1.54, 1.807) is 6.07 Å². The minimum absolute atomic E-state index is 0.0457. The van der Waals surface area contributed by atoms with Crippen LogP contribution in [0.5, 0.6) is 0 Å². The molecule has 0 saturated carbocycles. The Kier molecular flexibility index (Phi) is 3.62. The number of hydrogen-bond acceptors (Lipinski definition) is 2. The number of hydrogen-bond donors (Lipinski definition) is 2. The molecule has 0 aliphatic heterocycles. The highest BCUT2D eigenvalue weighted by Gasteiger charge is 2.16. The van der Waals surface area contributed by atoms with Gasteiger partial charge in [0.25, 0.3) is 0 Å². The minimum Gasteiger partial charge on any atom is -0.478 e. The maximum absolute atomic E-state index is 11.2. The largest absolute Gasteiger partial charge is 0.478 e. The van der Waals surface area contributed by atoms with E-state index in [0.29, 0.717) is 12.1 Å². The lowest BCUT2D eigenvalue weighted by Crippen LogP contribution is -2.05. The third-order valence-corrected chi connectivity index (χ3v) is 3.71. The number of rotatable bonds is 4. The Morgan fingerprint density at radius 3 is 2.53 bits per heavy atom. The number of aromatic carboxylic acids is 1. The molecule has 1 aromatic carbocycles. The van der Waals surface area contributed by atoms with E-state index in [-0.39, 0.29) is 6.61 Å². The van der Waals surface area contributed by atoms with Crippen LogP contribution in [0.2, 0.25) is 0 Å². The van der Waals surface area contributed by atoms with E-state index in [2.05, 4.69) is 6.92 Å². The normalized spacial score (nSPS) is 11.2. The summed E-state index contributed by atoms with van der Waals surface area (Å²) in [6, 6.07) is 3.66. The SMILES string of the molecule is CCc1c(C)n(CCO)c2cc(C(=O)O)c(C)cc12. The predicted molar refractivity (Wildman–Crippen MR) is 74.8 cm³/mol. The first-order chi connectivity index (χ1) is 9.01. The van der Waals surface area contributed by atoms with Gasteiger partial charge in [0.05, 0.1) is 12.2 Å². The summed E-state index contributed by atoms with van der Waals surface area (Å²) in [4.78, 5) is 11.2. The molecule has 1 aromatic heterocycles. The van der Waals surface area contributed by atoms with Crippen LogP contribution in [0.1, 0.15) is 34.1 Å². The van der Waals surface area contributed by atoms with Gasteiger partial charge in [-0.05, 0) is 43.5 Å². The minimum atomic E-state index is -0.910. The molecular formula is C15H19NO3. The molecule has 0 amide bonds. The summed E-state index contributed by atoms with van der Waals surface area (Å²) in [5.41, 5.74) is 4.33. The highest BCUT2D eigenvalue weighted by atomic mass is 16.4. The van der Waals surface area contributed by atoms with E-state index in [4.69, 9.17) is 0 Å². The average molecular weight is 261 g/mol. The zero-order valence-electron chi connectivity index (χ0n) is 11.5. The van der Waals surface area contributed by atoms with Crippen LogP contribution in [0, 0.1) is 13.8 Å². The lowest BCUT2D eigenvalue weighted by molar-refractivity contribution is 0.0696. The van der Waals surface area contributed by atoms with Gasteiger partial charge in [-0.3, -0.25) is 0 Å². The number of aryl methyl sites for hydroxylation is 2. The second kappa shape index (κ2) is 5.05. The van der Waals surface area contributed by atoms with Gasteiger partial charge in [-0.25, -0.2) is 4.79 Å². The molecule has 2 aromatic rings. The predicted octanol–water partition coefficient (Wildman–Crippen LogP) is 2.51. The molecule has 0 spiro atoms. The molecule has 0 saturated heterocycles. The lowest BCUT2D eigenvalue weighted by atomic mass is 10.0. The summed E-state index contributed by atoms with van der Waals surface area (Å²) in [6.45, 7) is 6.46. The Morgan fingerprint density at radius 1 is 1.32 bits per heavy atom. The highest BCUT2D eigenvalue weighted by molar-refractivity contribution is 5.96. The van der Waals surface area contributed by atoms with E-state index < -0.39 is 5.97 Å². The van der Waals surface area contributed by atoms with Gasteiger partial charge in [0.15, 0.2) is 0 Å². The molecule has 2 rings (SSSR count). The second-order valence-electron chi connectivity index (χ2n) is 4.78. The number of aliphatic hydroxyl groups is 1. The lowest BCUT2D eigenvalue weighted by Gasteiger charge is -2.07. The quantitative estimate of drug-likeness (QED) is 0.889. The number of aliphatic hydroxyl groups excluding tert-OH is 1. The molecule has 0 fully saturated rings. The zero-order valence-corrected chi connectivity index (χ0v) is 11.5. The smallest absolute Gasteiger partial charge is 0.336 e. The fraction of sp³-hybridized carbons (Fsp3) is 0.400. The number of aromatic nitrogens is 1. The summed E-state index contributed by atoms with van der Waals surface area (Å²) in [7, 11) is 0. The molecule has 2 N–H and O–H groups in total. The van der Waals surface area contributed by atoms with Crippen LogP contribution in [0.4, 0.5) is 0 Å². The van der Waals surface area contributed by atoms with E-state index in [1.165, 1.54) is 5.56 Å². The third-order valence-electron chi connectivity index (χ3n) is 3.71. The van der Waals surface area contributed by atoms with E-state index in [0.717, 1.165) is 28.6 Å². The Bertz CT molecular complexity index is 641. The summed E-state index contributed by atoms with van der Waals surface area (Å²) in [5, 5.41) is 19.5. The van der Waals surface area contributed by atoms with Crippen molar-refractivity contribution in [1.82, 2.24) is 4.57 Å². The molecule has 4 nitrogen and oxygen atoms in total. The Hall–Kier alpha value is -1.81. The number of carboxylic acid groups (broad SMARTS) is 1. The van der Waals surface area contributed by atoms with Gasteiger partial charge in [0, 0.05) is 23.1 Å². The molecule has 0 bridgehead atoms. The number of carbonyl (C=O) groups is 1. The van der Waals surface area contributed by atoms with Gasteiger partial charge < -0.3 is 14.8 Å². The molecule has 102 valence electrons. The first kappa shape index (κ1) is 13.6. The Labute approximate surface area is 112 Å². The van der Waals surface area contributed by atoms with Crippen LogP contribution in [-0.2, 0) is 13.0 Å². The summed E-state index contributed by atoms with van der Waals surface area (Å²) in [5.74, 6) is -0.910. The van der Waals surface area contributed by atoms with Crippen LogP contribution in [0.15, 0.2) is 12.1 Å². The van der Waals surface area contributed by atoms with Gasteiger partial charge in [-0.2, -0.15) is 0 Å². The van der Waals surface area contributed by atoms with E-state index in [9.17, 15) is 15.0 Å². The summed E-state index contributed by atoms with van der Waals surface area (Å²) in [6.07, 6.45) is 0.895. The molecule has 0 unspecified atom stereocenters. The molecule has 0 aliphatic carbocycles. The van der Waals surface area contributed by atoms with Crippen molar-refractivity contribution in [3.63, 3.8) is 0 Å². The topological polar surface area (TPSA) is 62.5 Å². The van der Waals surface area contributed by atoms with Crippen molar-refractivity contribution in [2.24, 2.45) is 0 Å². The summed E-state index contributed by atoms with van der Waals surface area (Å²) >= 11 is 0. The van der Waals surface area contributed by atoms with Crippen molar-refractivity contribution in [2.45, 2.75) is 33.7 Å². The molecule has 1 heterocycles.